The second-order valence-corrected chi connectivity index (χ2v) is 7.55. The van der Waals surface area contributed by atoms with Crippen molar-refractivity contribution < 1.29 is 9.53 Å². The number of fused-ring (bicyclic) bond motifs is 1. The topological polar surface area (TPSA) is 74.0 Å². The van der Waals surface area contributed by atoms with Crippen LogP contribution in [0.25, 0.3) is 16.7 Å². The highest BCUT2D eigenvalue weighted by Gasteiger charge is 2.19. The second-order valence-electron chi connectivity index (χ2n) is 7.12. The van der Waals surface area contributed by atoms with Crippen LogP contribution in [0.5, 0.6) is 0 Å². The molecule has 0 fully saturated rings. The lowest BCUT2D eigenvalue weighted by molar-refractivity contribution is 0.102. The molecular formula is C23H24ClN5O2. The van der Waals surface area contributed by atoms with Crippen molar-refractivity contribution in [3.8, 4) is 5.69 Å². The molecule has 1 amide bonds. The molecule has 0 aliphatic carbocycles. The fourth-order valence-corrected chi connectivity index (χ4v) is 3.72. The Morgan fingerprint density at radius 3 is 2.84 bits per heavy atom. The summed E-state index contributed by atoms with van der Waals surface area (Å²) in [6.07, 6.45) is 2.39. The Labute approximate surface area is 185 Å². The van der Waals surface area contributed by atoms with Crippen LogP contribution in [0.3, 0.4) is 0 Å². The summed E-state index contributed by atoms with van der Waals surface area (Å²) in [7, 11) is 0. The van der Waals surface area contributed by atoms with Gasteiger partial charge in [0.1, 0.15) is 0 Å². The van der Waals surface area contributed by atoms with E-state index in [4.69, 9.17) is 16.3 Å². The molecule has 4 rings (SSSR count). The van der Waals surface area contributed by atoms with Crippen LogP contribution in [-0.2, 0) is 11.3 Å². The van der Waals surface area contributed by atoms with Gasteiger partial charge in [-0.3, -0.25) is 10.1 Å². The molecule has 2 heterocycles. The highest BCUT2D eigenvalue weighted by molar-refractivity contribution is 6.30. The average molecular weight is 438 g/mol. The first kappa shape index (κ1) is 21.1. The van der Waals surface area contributed by atoms with Gasteiger partial charge >= 0.3 is 0 Å². The van der Waals surface area contributed by atoms with Crippen molar-refractivity contribution in [2.75, 3.05) is 18.5 Å². The molecular weight excluding hydrogens is 414 g/mol. The highest BCUT2D eigenvalue weighted by Crippen LogP contribution is 2.22. The minimum Gasteiger partial charge on any atom is -0.382 e. The lowest BCUT2D eigenvalue weighted by Gasteiger charge is -2.10. The van der Waals surface area contributed by atoms with E-state index in [1.165, 1.54) is 0 Å². The number of ether oxygens (including phenoxy) is 1. The number of hydrogen-bond acceptors (Lipinski definition) is 4. The number of benzene rings is 2. The van der Waals surface area contributed by atoms with Gasteiger partial charge in [-0.15, -0.1) is 0 Å². The predicted molar refractivity (Wildman–Crippen MR) is 122 cm³/mol. The Morgan fingerprint density at radius 1 is 1.19 bits per heavy atom. The Kier molecular flexibility index (Phi) is 6.34. The monoisotopic (exact) mass is 437 g/mol. The van der Waals surface area contributed by atoms with Crippen LogP contribution in [0, 0.1) is 6.92 Å². The average Bonchev–Trinajstić information content (AvgIpc) is 3.31. The van der Waals surface area contributed by atoms with E-state index in [-0.39, 0.29) is 5.91 Å². The zero-order chi connectivity index (χ0) is 21.8. The molecule has 2 aromatic heterocycles. The molecule has 31 heavy (non-hydrogen) atoms. The minimum atomic E-state index is -0.257. The van der Waals surface area contributed by atoms with Gasteiger partial charge in [-0.05, 0) is 50.6 Å². The number of para-hydroxylation sites is 2. The Balaban J connectivity index is 1.60. The van der Waals surface area contributed by atoms with E-state index in [0.29, 0.717) is 36.3 Å². The van der Waals surface area contributed by atoms with Gasteiger partial charge in [0.15, 0.2) is 0 Å². The molecule has 0 spiro atoms. The Hall–Kier alpha value is -3.16. The summed E-state index contributed by atoms with van der Waals surface area (Å²) in [5, 5.41) is 7.96. The fraction of sp³-hybridized carbons (Fsp3) is 0.261. The summed E-state index contributed by atoms with van der Waals surface area (Å²) in [5.74, 6) is 0.254. The van der Waals surface area contributed by atoms with Crippen LogP contribution in [0.1, 0.15) is 29.4 Å². The van der Waals surface area contributed by atoms with Gasteiger partial charge in [-0.25, -0.2) is 9.67 Å². The Morgan fingerprint density at radius 2 is 2.03 bits per heavy atom. The molecule has 0 unspecified atom stereocenters. The first-order valence-corrected chi connectivity index (χ1v) is 10.6. The van der Waals surface area contributed by atoms with E-state index < -0.39 is 0 Å². The summed E-state index contributed by atoms with van der Waals surface area (Å²) >= 11 is 6.10. The maximum absolute atomic E-state index is 13.1. The van der Waals surface area contributed by atoms with Gasteiger partial charge in [0, 0.05) is 24.8 Å². The Bertz CT molecular complexity index is 1210. The van der Waals surface area contributed by atoms with Crippen molar-refractivity contribution in [2.24, 2.45) is 0 Å². The third-order valence-corrected chi connectivity index (χ3v) is 5.30. The van der Waals surface area contributed by atoms with Gasteiger partial charge in [-0.2, -0.15) is 5.10 Å². The van der Waals surface area contributed by atoms with Gasteiger partial charge in [0.25, 0.3) is 5.91 Å². The lowest BCUT2D eigenvalue weighted by atomic mass is 10.2. The van der Waals surface area contributed by atoms with Crippen molar-refractivity contribution >= 4 is 34.5 Å². The highest BCUT2D eigenvalue weighted by atomic mass is 35.5. The van der Waals surface area contributed by atoms with Crippen molar-refractivity contribution in [1.29, 1.82) is 0 Å². The van der Waals surface area contributed by atoms with Gasteiger partial charge in [0.2, 0.25) is 5.95 Å². The minimum absolute atomic E-state index is 0.257. The number of aromatic nitrogens is 4. The molecule has 160 valence electrons. The van der Waals surface area contributed by atoms with E-state index in [1.807, 2.05) is 54.8 Å². The van der Waals surface area contributed by atoms with Crippen molar-refractivity contribution in [2.45, 2.75) is 26.8 Å². The van der Waals surface area contributed by atoms with Crippen LogP contribution >= 0.6 is 11.6 Å². The first-order chi connectivity index (χ1) is 15.1. The number of nitrogens with one attached hydrogen (secondary N) is 1. The number of rotatable bonds is 8. The summed E-state index contributed by atoms with van der Waals surface area (Å²) < 4.78 is 9.18. The van der Waals surface area contributed by atoms with E-state index in [1.54, 1.807) is 23.0 Å². The third-order valence-electron chi connectivity index (χ3n) is 5.06. The largest absolute Gasteiger partial charge is 0.382 e. The summed E-state index contributed by atoms with van der Waals surface area (Å²) in [4.78, 5) is 17.7. The van der Waals surface area contributed by atoms with E-state index >= 15 is 0 Å². The first-order valence-electron chi connectivity index (χ1n) is 10.2. The van der Waals surface area contributed by atoms with Crippen molar-refractivity contribution in [3.05, 3.63) is 71.0 Å². The molecule has 0 bridgehead atoms. The summed E-state index contributed by atoms with van der Waals surface area (Å²) in [6.45, 7) is 5.86. The zero-order valence-electron chi connectivity index (χ0n) is 17.5. The molecule has 0 aliphatic rings. The quantitative estimate of drug-likeness (QED) is 0.399. The van der Waals surface area contributed by atoms with Crippen LogP contribution < -0.4 is 5.32 Å². The molecule has 1 N–H and O–H groups in total. The molecule has 8 heteroatoms. The molecule has 0 radical (unpaired) electrons. The van der Waals surface area contributed by atoms with Crippen LogP contribution in [0.2, 0.25) is 5.02 Å². The van der Waals surface area contributed by atoms with Crippen molar-refractivity contribution in [3.63, 3.8) is 0 Å². The number of halogens is 1. The molecule has 0 aliphatic heterocycles. The van der Waals surface area contributed by atoms with Crippen LogP contribution in [-0.4, -0.2) is 38.5 Å². The number of carbonyl (C=O) groups is 1. The number of imidazole rings is 1. The number of carbonyl (C=O) groups excluding carboxylic acids is 1. The van der Waals surface area contributed by atoms with E-state index in [2.05, 4.69) is 15.4 Å². The fourth-order valence-electron chi connectivity index (χ4n) is 3.54. The van der Waals surface area contributed by atoms with Gasteiger partial charge < -0.3 is 9.30 Å². The van der Waals surface area contributed by atoms with E-state index in [0.717, 1.165) is 28.8 Å². The molecule has 7 nitrogen and oxygen atoms in total. The predicted octanol–water partition coefficient (Wildman–Crippen LogP) is 4.86. The maximum atomic E-state index is 13.1. The molecule has 0 saturated heterocycles. The number of amides is 1. The van der Waals surface area contributed by atoms with Gasteiger partial charge in [0.05, 0.1) is 34.2 Å². The lowest BCUT2D eigenvalue weighted by Crippen LogP contribution is -2.17. The van der Waals surface area contributed by atoms with Crippen LogP contribution in [0.4, 0.5) is 5.95 Å². The third kappa shape index (κ3) is 4.47. The van der Waals surface area contributed by atoms with E-state index in [9.17, 15) is 4.79 Å². The van der Waals surface area contributed by atoms with Gasteiger partial charge in [-0.1, -0.05) is 29.8 Å². The number of nitrogens with zero attached hydrogens (tertiary/aromatic N) is 4. The molecule has 0 saturated carbocycles. The normalized spacial score (nSPS) is 11.2. The summed E-state index contributed by atoms with van der Waals surface area (Å²) in [6, 6.07) is 15.2. The smallest absolute Gasteiger partial charge is 0.261 e. The van der Waals surface area contributed by atoms with Crippen molar-refractivity contribution in [1.82, 2.24) is 19.3 Å². The second kappa shape index (κ2) is 9.32. The zero-order valence-corrected chi connectivity index (χ0v) is 18.3. The number of anilines is 1. The standard InChI is InChI=1S/C23H24ClN5O2/c1-3-31-13-7-12-28-21-11-5-4-10-20(21)26-23(28)27-22(30)19-15-25-29(16(19)2)18-9-6-8-17(24)14-18/h4-6,8-11,14-15H,3,7,12-13H2,1-2H3,(H,26,27,30). The molecule has 0 atom stereocenters. The maximum Gasteiger partial charge on any atom is 0.261 e. The number of hydrogen-bond donors (Lipinski definition) is 1. The number of aryl methyl sites for hydroxylation is 1. The van der Waals surface area contributed by atoms with Crippen LogP contribution in [0.15, 0.2) is 54.7 Å². The molecule has 4 aromatic rings. The summed E-state index contributed by atoms with van der Waals surface area (Å²) in [5.41, 5.74) is 3.81. The molecule has 2 aromatic carbocycles. The SMILES string of the molecule is CCOCCCn1c(NC(=O)c2cnn(-c3cccc(Cl)c3)c2C)nc2ccccc21.